The molecule has 0 aromatic carbocycles. The van der Waals surface area contributed by atoms with Gasteiger partial charge in [0.05, 0.1) is 6.61 Å². The van der Waals surface area contributed by atoms with Crippen molar-refractivity contribution in [2.45, 2.75) is 19.4 Å². The summed E-state index contributed by atoms with van der Waals surface area (Å²) in [5.41, 5.74) is -0.0295. The first kappa shape index (κ1) is 12.6. The second kappa shape index (κ2) is 5.18. The fourth-order valence-electron chi connectivity index (χ4n) is 1.83. The molecule has 1 aromatic heterocycles. The lowest BCUT2D eigenvalue weighted by molar-refractivity contribution is 0.0650. The van der Waals surface area contributed by atoms with E-state index in [1.54, 1.807) is 0 Å². The second-order valence-corrected chi connectivity index (χ2v) is 4.27. The Hall–Kier alpha value is -1.89. The molecule has 1 amide bonds. The number of aromatic nitrogens is 1. The molecule has 18 heavy (non-hydrogen) atoms. The highest BCUT2D eigenvalue weighted by molar-refractivity contribution is 5.94. The van der Waals surface area contributed by atoms with E-state index in [9.17, 15) is 9.59 Å². The maximum atomic E-state index is 11.8. The van der Waals surface area contributed by atoms with E-state index in [1.165, 1.54) is 0 Å². The van der Waals surface area contributed by atoms with Crippen molar-refractivity contribution in [1.29, 1.82) is 0 Å². The number of rotatable bonds is 4. The molecule has 2 atom stereocenters. The summed E-state index contributed by atoms with van der Waals surface area (Å²) in [6.45, 7) is 3.22. The standard InChI is InChI=1S/C11H14N2O5/c1-6(7-2-3-17-5-7)12-10(14)8-4-9(11(15)16)18-13-8/h4,6-7H,2-3,5H2,1H3,(H,12,14)(H,15,16). The Bertz CT molecular complexity index is 450. The molecule has 7 nitrogen and oxygen atoms in total. The molecule has 0 aliphatic carbocycles. The SMILES string of the molecule is CC(NC(=O)c1cc(C(=O)O)on1)C1CCOC1. The van der Waals surface area contributed by atoms with E-state index >= 15 is 0 Å². The van der Waals surface area contributed by atoms with Gasteiger partial charge in [-0.05, 0) is 13.3 Å². The Morgan fingerprint density at radius 2 is 2.39 bits per heavy atom. The van der Waals surface area contributed by atoms with Gasteiger partial charge in [-0.25, -0.2) is 4.79 Å². The van der Waals surface area contributed by atoms with Crippen molar-refractivity contribution in [2.75, 3.05) is 13.2 Å². The van der Waals surface area contributed by atoms with Crippen LogP contribution in [0.3, 0.4) is 0 Å². The van der Waals surface area contributed by atoms with Crippen molar-refractivity contribution in [3.63, 3.8) is 0 Å². The van der Waals surface area contributed by atoms with Gasteiger partial charge in [0.1, 0.15) is 0 Å². The first-order chi connectivity index (χ1) is 8.58. The molecule has 2 rings (SSSR count). The van der Waals surface area contributed by atoms with Crippen LogP contribution in [0.2, 0.25) is 0 Å². The number of carbonyl (C=O) groups is 2. The van der Waals surface area contributed by atoms with Gasteiger partial charge in [0.25, 0.3) is 5.91 Å². The average molecular weight is 254 g/mol. The van der Waals surface area contributed by atoms with Crippen molar-refractivity contribution in [3.8, 4) is 0 Å². The van der Waals surface area contributed by atoms with E-state index in [4.69, 9.17) is 9.84 Å². The third-order valence-electron chi connectivity index (χ3n) is 2.98. The van der Waals surface area contributed by atoms with E-state index in [2.05, 4.69) is 15.0 Å². The van der Waals surface area contributed by atoms with Gasteiger partial charge in [0.15, 0.2) is 5.69 Å². The van der Waals surface area contributed by atoms with Gasteiger partial charge in [-0.15, -0.1) is 0 Å². The third kappa shape index (κ3) is 2.67. The summed E-state index contributed by atoms with van der Waals surface area (Å²) in [7, 11) is 0. The lowest BCUT2D eigenvalue weighted by Gasteiger charge is -2.18. The number of amides is 1. The average Bonchev–Trinajstić information content (AvgIpc) is 3.00. The van der Waals surface area contributed by atoms with Gasteiger partial charge in [-0.2, -0.15) is 0 Å². The topological polar surface area (TPSA) is 102 Å². The molecule has 0 spiro atoms. The van der Waals surface area contributed by atoms with Crippen LogP contribution in [0.25, 0.3) is 0 Å². The summed E-state index contributed by atoms with van der Waals surface area (Å²) in [4.78, 5) is 22.4. The van der Waals surface area contributed by atoms with Gasteiger partial charge in [-0.1, -0.05) is 5.16 Å². The first-order valence-electron chi connectivity index (χ1n) is 5.66. The van der Waals surface area contributed by atoms with Gasteiger partial charge < -0.3 is 19.7 Å². The largest absolute Gasteiger partial charge is 0.475 e. The van der Waals surface area contributed by atoms with Crippen molar-refractivity contribution in [1.82, 2.24) is 10.5 Å². The van der Waals surface area contributed by atoms with E-state index in [0.29, 0.717) is 13.2 Å². The summed E-state index contributed by atoms with van der Waals surface area (Å²) in [5, 5.41) is 14.8. The normalized spacial score (nSPS) is 20.6. The highest BCUT2D eigenvalue weighted by Gasteiger charge is 2.25. The van der Waals surface area contributed by atoms with Crippen LogP contribution >= 0.6 is 0 Å². The predicted molar refractivity (Wildman–Crippen MR) is 59.3 cm³/mol. The summed E-state index contributed by atoms with van der Waals surface area (Å²) in [6.07, 6.45) is 0.903. The Labute approximate surface area is 103 Å². The molecular weight excluding hydrogens is 240 g/mol. The summed E-state index contributed by atoms with van der Waals surface area (Å²) in [5.74, 6) is -1.76. The van der Waals surface area contributed by atoms with E-state index < -0.39 is 11.9 Å². The lowest BCUT2D eigenvalue weighted by Crippen LogP contribution is -2.38. The Kier molecular flexibility index (Phi) is 3.61. The van der Waals surface area contributed by atoms with Gasteiger partial charge in [-0.3, -0.25) is 4.79 Å². The van der Waals surface area contributed by atoms with E-state index in [-0.39, 0.29) is 23.4 Å². The number of nitrogens with zero attached hydrogens (tertiary/aromatic N) is 1. The zero-order valence-electron chi connectivity index (χ0n) is 9.88. The van der Waals surface area contributed by atoms with Gasteiger partial charge in [0, 0.05) is 24.6 Å². The highest BCUT2D eigenvalue weighted by atomic mass is 16.5. The van der Waals surface area contributed by atoms with Gasteiger partial charge >= 0.3 is 5.97 Å². The Morgan fingerprint density at radius 1 is 1.61 bits per heavy atom. The minimum absolute atomic E-state index is 0.0295. The second-order valence-electron chi connectivity index (χ2n) is 4.27. The number of nitrogens with one attached hydrogen (secondary N) is 1. The summed E-state index contributed by atoms with van der Waals surface area (Å²) in [6, 6.07) is 1.06. The molecule has 0 radical (unpaired) electrons. The van der Waals surface area contributed by atoms with Crippen LogP contribution in [0.1, 0.15) is 34.4 Å². The Morgan fingerprint density at radius 3 is 2.94 bits per heavy atom. The number of carbonyl (C=O) groups excluding carboxylic acids is 1. The maximum absolute atomic E-state index is 11.8. The third-order valence-corrected chi connectivity index (χ3v) is 2.98. The summed E-state index contributed by atoms with van der Waals surface area (Å²) < 4.78 is 9.76. The minimum Gasteiger partial charge on any atom is -0.475 e. The number of hydrogen-bond acceptors (Lipinski definition) is 5. The molecule has 2 unspecified atom stereocenters. The Balaban J connectivity index is 1.95. The van der Waals surface area contributed by atoms with E-state index in [0.717, 1.165) is 12.5 Å². The van der Waals surface area contributed by atoms with Crippen molar-refractivity contribution in [3.05, 3.63) is 17.5 Å². The molecular formula is C11H14N2O5. The van der Waals surface area contributed by atoms with Crippen LogP contribution in [0, 0.1) is 5.92 Å². The fourth-order valence-corrected chi connectivity index (χ4v) is 1.83. The molecule has 98 valence electrons. The minimum atomic E-state index is -1.25. The number of carboxylic acid groups (broad SMARTS) is 1. The molecule has 1 fully saturated rings. The molecule has 1 aliphatic rings. The molecule has 2 N–H and O–H groups in total. The molecule has 7 heteroatoms. The molecule has 0 bridgehead atoms. The van der Waals surface area contributed by atoms with Crippen molar-refractivity contribution >= 4 is 11.9 Å². The quantitative estimate of drug-likeness (QED) is 0.812. The van der Waals surface area contributed by atoms with Crippen molar-refractivity contribution < 1.29 is 24.0 Å². The van der Waals surface area contributed by atoms with E-state index in [1.807, 2.05) is 6.92 Å². The first-order valence-corrected chi connectivity index (χ1v) is 5.66. The number of aromatic carboxylic acids is 1. The zero-order valence-corrected chi connectivity index (χ0v) is 9.88. The molecule has 1 saturated heterocycles. The number of ether oxygens (including phenoxy) is 1. The van der Waals surface area contributed by atoms with Crippen LogP contribution in [0.5, 0.6) is 0 Å². The highest BCUT2D eigenvalue weighted by Crippen LogP contribution is 2.16. The number of carboxylic acids is 1. The monoisotopic (exact) mass is 254 g/mol. The lowest BCUT2D eigenvalue weighted by atomic mass is 10.0. The molecule has 2 heterocycles. The van der Waals surface area contributed by atoms with Gasteiger partial charge in [0.2, 0.25) is 5.76 Å². The molecule has 1 aliphatic heterocycles. The number of hydrogen-bond donors (Lipinski definition) is 2. The molecule has 0 saturated carbocycles. The smallest absolute Gasteiger partial charge is 0.374 e. The zero-order chi connectivity index (χ0) is 13.1. The summed E-state index contributed by atoms with van der Waals surface area (Å²) >= 11 is 0. The van der Waals surface area contributed by atoms with Crippen LogP contribution in [-0.4, -0.2) is 41.4 Å². The van der Waals surface area contributed by atoms with Crippen LogP contribution in [0.15, 0.2) is 10.6 Å². The maximum Gasteiger partial charge on any atom is 0.374 e. The van der Waals surface area contributed by atoms with Crippen LogP contribution in [0.4, 0.5) is 0 Å². The fraction of sp³-hybridized carbons (Fsp3) is 0.545. The van der Waals surface area contributed by atoms with Crippen LogP contribution in [-0.2, 0) is 4.74 Å². The van der Waals surface area contributed by atoms with Crippen molar-refractivity contribution in [2.24, 2.45) is 5.92 Å². The molecule has 1 aromatic rings. The van der Waals surface area contributed by atoms with Crippen LogP contribution < -0.4 is 5.32 Å². The predicted octanol–water partition coefficient (Wildman–Crippen LogP) is 0.528.